The lowest BCUT2D eigenvalue weighted by atomic mass is 10.1. The third kappa shape index (κ3) is 3.59. The highest BCUT2D eigenvalue weighted by Crippen LogP contribution is 2.18. The van der Waals surface area contributed by atoms with Gasteiger partial charge in [0.15, 0.2) is 0 Å². The van der Waals surface area contributed by atoms with E-state index in [1.165, 1.54) is 15.9 Å². The Balaban J connectivity index is 1.82. The van der Waals surface area contributed by atoms with E-state index in [-0.39, 0.29) is 18.0 Å². The summed E-state index contributed by atoms with van der Waals surface area (Å²) in [5.41, 5.74) is 3.64. The molecule has 0 bridgehead atoms. The van der Waals surface area contributed by atoms with Crippen molar-refractivity contribution in [1.82, 2.24) is 9.13 Å². The SMILES string of the molecule is Cc1cccc(NC(=O)Cn2c(=O)n(-c3ccc(C)cc3C)c(=O)c3sccc32)c1. The topological polar surface area (TPSA) is 73.1 Å². The molecule has 0 spiro atoms. The van der Waals surface area contributed by atoms with E-state index < -0.39 is 5.69 Å². The summed E-state index contributed by atoms with van der Waals surface area (Å²) in [6, 6.07) is 14.7. The molecule has 0 atom stereocenters. The van der Waals surface area contributed by atoms with Crippen LogP contribution in [0.5, 0.6) is 0 Å². The lowest BCUT2D eigenvalue weighted by molar-refractivity contribution is -0.116. The number of hydrogen-bond donors (Lipinski definition) is 1. The predicted octanol–water partition coefficient (Wildman–Crippen LogP) is 3.78. The summed E-state index contributed by atoms with van der Waals surface area (Å²) in [5, 5.41) is 4.58. The lowest BCUT2D eigenvalue weighted by Gasteiger charge is -2.14. The van der Waals surface area contributed by atoms with Crippen molar-refractivity contribution in [3.05, 3.63) is 91.4 Å². The van der Waals surface area contributed by atoms with Crippen molar-refractivity contribution in [1.29, 1.82) is 0 Å². The Kier molecular flexibility index (Phi) is 5.13. The zero-order chi connectivity index (χ0) is 21.4. The van der Waals surface area contributed by atoms with Gasteiger partial charge in [0.05, 0.1) is 11.2 Å². The first-order valence-electron chi connectivity index (χ1n) is 9.52. The van der Waals surface area contributed by atoms with Gasteiger partial charge in [-0.2, -0.15) is 0 Å². The summed E-state index contributed by atoms with van der Waals surface area (Å²) in [6.45, 7) is 5.57. The van der Waals surface area contributed by atoms with Gasteiger partial charge in [0, 0.05) is 5.69 Å². The molecule has 0 unspecified atom stereocenters. The number of carbonyl (C=O) groups excluding carboxylic acids is 1. The highest BCUT2D eigenvalue weighted by atomic mass is 32.1. The largest absolute Gasteiger partial charge is 0.336 e. The molecule has 2 heterocycles. The molecular formula is C23H21N3O3S. The van der Waals surface area contributed by atoms with Crippen molar-refractivity contribution in [2.75, 3.05) is 5.32 Å². The summed E-state index contributed by atoms with van der Waals surface area (Å²) < 4.78 is 2.96. The fourth-order valence-corrected chi connectivity index (χ4v) is 4.40. The number of benzene rings is 2. The quantitative estimate of drug-likeness (QED) is 0.547. The van der Waals surface area contributed by atoms with Crippen LogP contribution < -0.4 is 16.6 Å². The van der Waals surface area contributed by atoms with Gasteiger partial charge in [0.2, 0.25) is 5.91 Å². The Morgan fingerprint density at radius 2 is 1.77 bits per heavy atom. The van der Waals surface area contributed by atoms with Crippen molar-refractivity contribution in [3.8, 4) is 5.69 Å². The molecule has 0 fully saturated rings. The number of anilines is 1. The van der Waals surface area contributed by atoms with Crippen LogP contribution in [0.1, 0.15) is 16.7 Å². The van der Waals surface area contributed by atoms with Crippen LogP contribution >= 0.6 is 11.3 Å². The fourth-order valence-electron chi connectivity index (χ4n) is 3.58. The summed E-state index contributed by atoms with van der Waals surface area (Å²) in [4.78, 5) is 39.1. The zero-order valence-corrected chi connectivity index (χ0v) is 17.7. The van der Waals surface area contributed by atoms with Crippen LogP contribution in [0.25, 0.3) is 15.9 Å². The molecule has 0 radical (unpaired) electrons. The third-order valence-electron chi connectivity index (χ3n) is 4.95. The fraction of sp³-hybridized carbons (Fsp3) is 0.174. The number of hydrogen-bond acceptors (Lipinski definition) is 4. The van der Waals surface area contributed by atoms with Gasteiger partial charge in [0.1, 0.15) is 11.2 Å². The van der Waals surface area contributed by atoms with Gasteiger partial charge >= 0.3 is 5.69 Å². The Labute approximate surface area is 177 Å². The first-order chi connectivity index (χ1) is 14.3. The van der Waals surface area contributed by atoms with Crippen LogP contribution in [-0.4, -0.2) is 15.0 Å². The Hall–Kier alpha value is -3.45. The molecule has 0 saturated carbocycles. The molecule has 30 heavy (non-hydrogen) atoms. The minimum absolute atomic E-state index is 0.189. The van der Waals surface area contributed by atoms with E-state index in [4.69, 9.17) is 0 Å². The minimum Gasteiger partial charge on any atom is -0.325 e. The monoisotopic (exact) mass is 419 g/mol. The number of rotatable bonds is 4. The van der Waals surface area contributed by atoms with Crippen LogP contribution in [0.2, 0.25) is 0 Å². The number of carbonyl (C=O) groups is 1. The zero-order valence-electron chi connectivity index (χ0n) is 16.9. The maximum atomic E-state index is 13.3. The smallest absolute Gasteiger partial charge is 0.325 e. The molecule has 2 aromatic heterocycles. The van der Waals surface area contributed by atoms with E-state index >= 15 is 0 Å². The minimum atomic E-state index is -0.530. The van der Waals surface area contributed by atoms with Crippen LogP contribution in [0.15, 0.2) is 63.5 Å². The molecule has 4 aromatic rings. The van der Waals surface area contributed by atoms with Crippen molar-refractivity contribution < 1.29 is 4.79 Å². The number of amides is 1. The van der Waals surface area contributed by atoms with E-state index in [1.54, 1.807) is 23.6 Å². The Bertz CT molecular complexity index is 1400. The molecule has 4 rings (SSSR count). The van der Waals surface area contributed by atoms with Crippen LogP contribution in [-0.2, 0) is 11.3 Å². The average molecular weight is 420 g/mol. The number of thiophene rings is 1. The molecule has 0 aliphatic carbocycles. The highest BCUT2D eigenvalue weighted by Gasteiger charge is 2.18. The second kappa shape index (κ2) is 7.76. The molecule has 2 aromatic carbocycles. The van der Waals surface area contributed by atoms with Crippen LogP contribution in [0.4, 0.5) is 5.69 Å². The van der Waals surface area contributed by atoms with Gasteiger partial charge in [0.25, 0.3) is 5.56 Å². The van der Waals surface area contributed by atoms with E-state index in [0.29, 0.717) is 21.6 Å². The molecule has 1 amide bonds. The van der Waals surface area contributed by atoms with Gasteiger partial charge in [-0.3, -0.25) is 14.2 Å². The average Bonchev–Trinajstić information content (AvgIpc) is 3.17. The molecule has 0 aliphatic rings. The van der Waals surface area contributed by atoms with Crippen molar-refractivity contribution in [2.24, 2.45) is 0 Å². The second-order valence-electron chi connectivity index (χ2n) is 7.35. The molecule has 6 nitrogen and oxygen atoms in total. The third-order valence-corrected chi connectivity index (χ3v) is 5.84. The van der Waals surface area contributed by atoms with Gasteiger partial charge in [-0.15, -0.1) is 11.3 Å². The van der Waals surface area contributed by atoms with Gasteiger partial charge < -0.3 is 5.32 Å². The van der Waals surface area contributed by atoms with Crippen LogP contribution in [0, 0.1) is 20.8 Å². The van der Waals surface area contributed by atoms with Crippen molar-refractivity contribution >= 4 is 33.1 Å². The Morgan fingerprint density at radius 3 is 2.50 bits per heavy atom. The number of fused-ring (bicyclic) bond motifs is 1. The summed E-state index contributed by atoms with van der Waals surface area (Å²) in [6.07, 6.45) is 0. The van der Waals surface area contributed by atoms with E-state index in [0.717, 1.165) is 21.3 Å². The van der Waals surface area contributed by atoms with Crippen molar-refractivity contribution in [2.45, 2.75) is 27.3 Å². The standard InChI is InChI=1S/C23H21N3O3S/c1-14-5-4-6-17(12-14)24-20(27)13-25-19-9-10-30-21(19)22(28)26(23(25)29)18-8-7-15(2)11-16(18)3/h4-12H,13H2,1-3H3,(H,24,27). The molecular weight excluding hydrogens is 398 g/mol. The molecule has 1 N–H and O–H groups in total. The number of aromatic nitrogens is 2. The first kappa shape index (κ1) is 19.8. The predicted molar refractivity (Wildman–Crippen MR) is 121 cm³/mol. The molecule has 0 aliphatic heterocycles. The van der Waals surface area contributed by atoms with Gasteiger partial charge in [-0.25, -0.2) is 9.36 Å². The maximum Gasteiger partial charge on any atom is 0.336 e. The summed E-state index contributed by atoms with van der Waals surface area (Å²) in [5.74, 6) is -0.332. The van der Waals surface area contributed by atoms with E-state index in [1.807, 2.05) is 51.1 Å². The number of nitrogens with zero attached hydrogens (tertiary/aromatic N) is 2. The molecule has 7 heteroatoms. The first-order valence-corrected chi connectivity index (χ1v) is 10.4. The van der Waals surface area contributed by atoms with Crippen molar-refractivity contribution in [3.63, 3.8) is 0 Å². The summed E-state index contributed by atoms with van der Waals surface area (Å²) >= 11 is 1.26. The Morgan fingerprint density at radius 1 is 1.00 bits per heavy atom. The van der Waals surface area contributed by atoms with E-state index in [9.17, 15) is 14.4 Å². The number of aryl methyl sites for hydroxylation is 3. The van der Waals surface area contributed by atoms with Gasteiger partial charge in [-0.1, -0.05) is 29.8 Å². The number of nitrogens with one attached hydrogen (secondary N) is 1. The highest BCUT2D eigenvalue weighted by molar-refractivity contribution is 7.17. The molecule has 152 valence electrons. The van der Waals surface area contributed by atoms with Gasteiger partial charge in [-0.05, 0) is 61.5 Å². The van der Waals surface area contributed by atoms with Crippen LogP contribution in [0.3, 0.4) is 0 Å². The van der Waals surface area contributed by atoms with E-state index in [2.05, 4.69) is 5.32 Å². The maximum absolute atomic E-state index is 13.3. The molecule has 0 saturated heterocycles. The second-order valence-corrected chi connectivity index (χ2v) is 8.27. The lowest BCUT2D eigenvalue weighted by Crippen LogP contribution is -2.40. The normalized spacial score (nSPS) is 11.0. The summed E-state index contributed by atoms with van der Waals surface area (Å²) in [7, 11) is 0.